The quantitative estimate of drug-likeness (QED) is 0.172. The van der Waals surface area contributed by atoms with E-state index in [1.54, 1.807) is 0 Å². The van der Waals surface area contributed by atoms with E-state index >= 15 is 0 Å². The van der Waals surface area contributed by atoms with Gasteiger partial charge in [-0.2, -0.15) is 0 Å². The van der Waals surface area contributed by atoms with Crippen molar-refractivity contribution in [2.75, 3.05) is 4.90 Å². The summed E-state index contributed by atoms with van der Waals surface area (Å²) in [4.78, 5) is 2.49. The molecule has 2 heteroatoms. The van der Waals surface area contributed by atoms with Gasteiger partial charge in [0.1, 0.15) is 0 Å². The van der Waals surface area contributed by atoms with Gasteiger partial charge in [-0.3, -0.25) is 0 Å². The van der Waals surface area contributed by atoms with Crippen LogP contribution in [0.5, 0.6) is 0 Å². The Kier molecular flexibility index (Phi) is 6.94. The molecular formula is C58H39NS. The summed E-state index contributed by atoms with van der Waals surface area (Å²) in [6.45, 7) is 4.74. The van der Waals surface area contributed by atoms with Gasteiger partial charge < -0.3 is 4.90 Å². The zero-order valence-corrected chi connectivity index (χ0v) is 34.2. The second-order valence-corrected chi connectivity index (χ2v) is 18.2. The molecule has 0 saturated heterocycles. The van der Waals surface area contributed by atoms with Crippen LogP contribution < -0.4 is 4.90 Å². The number of anilines is 3. The third-order valence-electron chi connectivity index (χ3n) is 13.9. The Balaban J connectivity index is 0.978. The van der Waals surface area contributed by atoms with E-state index in [0.29, 0.717) is 0 Å². The minimum Gasteiger partial charge on any atom is -0.309 e. The molecule has 0 radical (unpaired) electrons. The zero-order valence-electron chi connectivity index (χ0n) is 33.4. The Bertz CT molecular complexity index is 3360. The molecule has 1 nitrogen and oxygen atoms in total. The molecule has 1 spiro atoms. The number of hydrogen-bond acceptors (Lipinski definition) is 2. The van der Waals surface area contributed by atoms with Crippen LogP contribution in [-0.2, 0) is 10.8 Å². The second-order valence-electron chi connectivity index (χ2n) is 17.2. The molecular weight excluding hydrogens is 743 g/mol. The van der Waals surface area contributed by atoms with E-state index < -0.39 is 0 Å². The molecule has 3 aliphatic rings. The lowest BCUT2D eigenvalue weighted by Gasteiger charge is -2.30. The fourth-order valence-electron chi connectivity index (χ4n) is 11.2. The molecule has 0 amide bonds. The van der Waals surface area contributed by atoms with Crippen LogP contribution in [0.2, 0.25) is 0 Å². The molecule has 0 unspecified atom stereocenters. The van der Waals surface area contributed by atoms with Crippen molar-refractivity contribution in [3.63, 3.8) is 0 Å². The summed E-state index contributed by atoms with van der Waals surface area (Å²) in [5, 5.41) is 2.61. The zero-order chi connectivity index (χ0) is 39.7. The summed E-state index contributed by atoms with van der Waals surface area (Å²) in [5.74, 6) is 0. The summed E-state index contributed by atoms with van der Waals surface area (Å²) in [5.41, 5.74) is 21.7. The van der Waals surface area contributed by atoms with Crippen LogP contribution >= 0.6 is 11.3 Å². The summed E-state index contributed by atoms with van der Waals surface area (Å²) < 4.78 is 2.61. The van der Waals surface area contributed by atoms with Gasteiger partial charge in [-0.1, -0.05) is 172 Å². The van der Waals surface area contributed by atoms with Crippen LogP contribution in [0.25, 0.3) is 64.7 Å². The molecule has 60 heavy (non-hydrogen) atoms. The largest absolute Gasteiger partial charge is 0.309 e. The first-order valence-corrected chi connectivity index (χ1v) is 21.8. The van der Waals surface area contributed by atoms with Crippen LogP contribution in [0.4, 0.5) is 17.1 Å². The average molecular weight is 782 g/mol. The molecule has 1 heterocycles. The molecule has 0 bridgehead atoms. The van der Waals surface area contributed by atoms with E-state index in [1.165, 1.54) is 109 Å². The van der Waals surface area contributed by atoms with Crippen LogP contribution in [0.15, 0.2) is 200 Å². The number of nitrogens with zero attached hydrogens (tertiary/aromatic N) is 1. The number of fused-ring (bicyclic) bond motifs is 16. The highest BCUT2D eigenvalue weighted by atomic mass is 32.1. The lowest BCUT2D eigenvalue weighted by molar-refractivity contribution is 0.660. The smallest absolute Gasteiger partial charge is 0.0725 e. The lowest BCUT2D eigenvalue weighted by atomic mass is 9.70. The average Bonchev–Trinajstić information content (AvgIpc) is 3.99. The van der Waals surface area contributed by atoms with Gasteiger partial charge in [-0.15, -0.1) is 11.3 Å². The molecule has 13 rings (SSSR count). The molecule has 0 atom stereocenters. The van der Waals surface area contributed by atoms with Gasteiger partial charge in [-0.25, -0.2) is 0 Å². The summed E-state index contributed by atoms with van der Waals surface area (Å²) >= 11 is 1.88. The van der Waals surface area contributed by atoms with E-state index in [1.807, 2.05) is 11.3 Å². The topological polar surface area (TPSA) is 3.24 Å². The second kappa shape index (κ2) is 12.3. The van der Waals surface area contributed by atoms with E-state index in [2.05, 4.69) is 219 Å². The van der Waals surface area contributed by atoms with Gasteiger partial charge in [0.15, 0.2) is 0 Å². The van der Waals surface area contributed by atoms with Crippen molar-refractivity contribution in [2.45, 2.75) is 24.7 Å². The fraction of sp³-hybridized carbons (Fsp3) is 0.0690. The maximum absolute atomic E-state index is 2.49. The van der Waals surface area contributed by atoms with E-state index in [-0.39, 0.29) is 10.8 Å². The van der Waals surface area contributed by atoms with Crippen molar-refractivity contribution in [1.82, 2.24) is 0 Å². The van der Waals surface area contributed by atoms with Crippen molar-refractivity contribution in [2.24, 2.45) is 0 Å². The predicted molar refractivity (Wildman–Crippen MR) is 253 cm³/mol. The van der Waals surface area contributed by atoms with Gasteiger partial charge >= 0.3 is 0 Å². The lowest BCUT2D eigenvalue weighted by Crippen LogP contribution is -2.25. The first kappa shape index (κ1) is 33.9. The highest BCUT2D eigenvalue weighted by molar-refractivity contribution is 7.26. The molecule has 9 aromatic carbocycles. The van der Waals surface area contributed by atoms with Crippen molar-refractivity contribution in [1.29, 1.82) is 0 Å². The SMILES string of the molecule is CC1(C)c2ccccc2-c2ccc(N(c3ccc(-c4ccc5c(c4)C4(c6ccccc6-c6ccccc64)c4ccccc4-5)cc3)c3cccc4c3sc3ccccc34)cc21. The standard InChI is InChI=1S/C58H39NS/c1-57(2)48-20-8-3-14-40(48)44-33-31-39(35-52(44)57)59(54-24-13-19-47-46-18-7-12-25-55(46)60-56(47)54)38-29-26-36(27-30-38)37-28-32-45-43-17-6-11-23-51(43)58(53(45)34-37)49-21-9-4-15-41(49)42-16-5-10-22-50(42)58/h3-35H,1-2H3. The van der Waals surface area contributed by atoms with Gasteiger partial charge in [0.2, 0.25) is 0 Å². The van der Waals surface area contributed by atoms with Gasteiger partial charge in [0, 0.05) is 32.3 Å². The Labute approximate surface area is 354 Å². The number of rotatable bonds is 4. The van der Waals surface area contributed by atoms with Gasteiger partial charge in [0.25, 0.3) is 0 Å². The summed E-state index contributed by atoms with van der Waals surface area (Å²) in [6.07, 6.45) is 0. The Hall–Kier alpha value is -7.00. The van der Waals surface area contributed by atoms with Crippen LogP contribution in [-0.4, -0.2) is 0 Å². The normalized spacial score (nSPS) is 14.4. The third-order valence-corrected chi connectivity index (χ3v) is 15.1. The van der Waals surface area contributed by atoms with Gasteiger partial charge in [-0.05, 0) is 120 Å². The van der Waals surface area contributed by atoms with Crippen molar-refractivity contribution >= 4 is 48.6 Å². The number of hydrogen-bond donors (Lipinski definition) is 0. The van der Waals surface area contributed by atoms with Crippen molar-refractivity contribution in [3.8, 4) is 44.5 Å². The van der Waals surface area contributed by atoms with Crippen molar-refractivity contribution < 1.29 is 0 Å². The highest BCUT2D eigenvalue weighted by Gasteiger charge is 2.51. The molecule has 0 aliphatic heterocycles. The van der Waals surface area contributed by atoms with Crippen LogP contribution in [0.1, 0.15) is 47.2 Å². The number of benzene rings is 9. The Morgan fingerprint density at radius 1 is 0.367 bits per heavy atom. The number of thiophene rings is 1. The fourth-order valence-corrected chi connectivity index (χ4v) is 12.5. The maximum atomic E-state index is 2.49. The molecule has 3 aliphatic carbocycles. The first-order chi connectivity index (χ1) is 29.5. The predicted octanol–water partition coefficient (Wildman–Crippen LogP) is 15.8. The monoisotopic (exact) mass is 781 g/mol. The molecule has 10 aromatic rings. The molecule has 1 aromatic heterocycles. The van der Waals surface area contributed by atoms with E-state index in [4.69, 9.17) is 0 Å². The Morgan fingerprint density at radius 2 is 0.867 bits per heavy atom. The van der Waals surface area contributed by atoms with E-state index in [0.717, 1.165) is 5.69 Å². The molecule has 0 fully saturated rings. The first-order valence-electron chi connectivity index (χ1n) is 21.0. The van der Waals surface area contributed by atoms with E-state index in [9.17, 15) is 0 Å². The van der Waals surface area contributed by atoms with Crippen LogP contribution in [0.3, 0.4) is 0 Å². The third kappa shape index (κ3) is 4.41. The minimum absolute atomic E-state index is 0.105. The molecule has 0 N–H and O–H groups in total. The molecule has 0 saturated carbocycles. The minimum atomic E-state index is -0.365. The van der Waals surface area contributed by atoms with Crippen LogP contribution in [0, 0.1) is 0 Å². The van der Waals surface area contributed by atoms with Gasteiger partial charge in [0.05, 0.1) is 15.8 Å². The Morgan fingerprint density at radius 3 is 1.55 bits per heavy atom. The van der Waals surface area contributed by atoms with Crippen molar-refractivity contribution in [3.05, 3.63) is 234 Å². The summed E-state index contributed by atoms with van der Waals surface area (Å²) in [7, 11) is 0. The summed E-state index contributed by atoms with van der Waals surface area (Å²) in [6, 6.07) is 75.3. The molecule has 282 valence electrons. The maximum Gasteiger partial charge on any atom is 0.0725 e. The highest BCUT2D eigenvalue weighted by Crippen LogP contribution is 2.63.